The molecule has 0 aliphatic rings. The quantitative estimate of drug-likeness (QED) is 0.621. The Kier molecular flexibility index (Phi) is 16.1. The Labute approximate surface area is 54.3 Å². The average molecular weight is 297 g/mol. The van der Waals surface area contributed by atoms with Crippen LogP contribution in [0.1, 0.15) is 0 Å². The standard InChI is InChI=1S/C2H3O2.U/c1-4-2-3;/h1H3;/q-1;. The maximum absolute atomic E-state index is 8.83. The van der Waals surface area contributed by atoms with Gasteiger partial charge in [-0.1, -0.05) is 6.47 Å². The summed E-state index contributed by atoms with van der Waals surface area (Å²) in [7, 11) is 1.26. The predicted molar refractivity (Wildman–Crippen MR) is 12.7 cm³/mol. The Morgan fingerprint density at radius 3 is 2.00 bits per heavy atom. The van der Waals surface area contributed by atoms with Crippen molar-refractivity contribution >= 4 is 6.47 Å². The van der Waals surface area contributed by atoms with Crippen LogP contribution in [-0.4, -0.2) is 13.6 Å². The van der Waals surface area contributed by atoms with Gasteiger partial charge in [-0.3, -0.25) is 0 Å². The van der Waals surface area contributed by atoms with Crippen LogP contribution in [0.3, 0.4) is 0 Å². The molecule has 0 aliphatic heterocycles. The molecule has 0 aliphatic carbocycles. The Hall–Kier alpha value is 0.522. The number of methoxy groups -OCH3 is 1. The molecule has 3 heteroatoms. The molecular formula is C2H3O2U-. The Morgan fingerprint density at radius 2 is 2.00 bits per heavy atom. The molecular weight excluding hydrogens is 294 g/mol. The van der Waals surface area contributed by atoms with Crippen molar-refractivity contribution in [1.29, 1.82) is 0 Å². The van der Waals surface area contributed by atoms with Crippen molar-refractivity contribution in [2.24, 2.45) is 0 Å². The van der Waals surface area contributed by atoms with Gasteiger partial charge >= 0.3 is 0 Å². The molecule has 5 heavy (non-hydrogen) atoms. The van der Waals surface area contributed by atoms with Gasteiger partial charge in [-0.25, -0.2) is 0 Å². The summed E-state index contributed by atoms with van der Waals surface area (Å²) in [5.74, 6) is 0. The number of rotatable bonds is 1. The van der Waals surface area contributed by atoms with Crippen LogP contribution in [0, 0.1) is 31.1 Å². The fraction of sp³-hybridized carbons (Fsp3) is 0.500. The van der Waals surface area contributed by atoms with Crippen LogP contribution < -0.4 is 0 Å². The van der Waals surface area contributed by atoms with Crippen molar-refractivity contribution in [2.75, 3.05) is 7.11 Å². The van der Waals surface area contributed by atoms with Gasteiger partial charge in [0.25, 0.3) is 0 Å². The molecule has 0 spiro atoms. The zero-order valence-electron chi connectivity index (χ0n) is 2.82. The minimum Gasteiger partial charge on any atom is -0.655 e. The second kappa shape index (κ2) is 8.82. The smallest absolute Gasteiger partial charge is 0.0362 e. The van der Waals surface area contributed by atoms with Crippen LogP contribution in [0.15, 0.2) is 0 Å². The van der Waals surface area contributed by atoms with Gasteiger partial charge in [0, 0.05) is 38.2 Å². The molecule has 0 aromatic heterocycles. The molecule has 0 aromatic rings. The summed E-state index contributed by atoms with van der Waals surface area (Å²) in [6.45, 7) is 1.18. The van der Waals surface area contributed by atoms with Gasteiger partial charge in [0.1, 0.15) is 0 Å². The SMILES string of the molecule is CO[C-]=O.[U]. The van der Waals surface area contributed by atoms with Crippen molar-refractivity contribution in [2.45, 2.75) is 0 Å². The summed E-state index contributed by atoms with van der Waals surface area (Å²) >= 11 is 0. The maximum Gasteiger partial charge on any atom is 0.0362 e. The second-order valence-electron chi connectivity index (χ2n) is 0.287. The molecule has 0 bridgehead atoms. The first-order valence-electron chi connectivity index (χ1n) is 0.816. The largest absolute Gasteiger partial charge is 0.655 e. The van der Waals surface area contributed by atoms with E-state index < -0.39 is 0 Å². The zero-order chi connectivity index (χ0) is 3.41. The van der Waals surface area contributed by atoms with E-state index >= 15 is 0 Å². The third kappa shape index (κ3) is 12.4. The number of carbonyl (C=O) groups excluding carboxylic acids is 1. The molecule has 0 saturated carbocycles. The van der Waals surface area contributed by atoms with Crippen molar-refractivity contribution in [1.82, 2.24) is 0 Å². The first kappa shape index (κ1) is 9.10. The predicted octanol–water partition coefficient (Wildman–Crippen LogP) is -0.300. The van der Waals surface area contributed by atoms with Gasteiger partial charge in [-0.15, -0.1) is 0 Å². The fourth-order valence-corrected chi connectivity index (χ4v) is 0. The third-order valence-electron chi connectivity index (χ3n) is 0.0833. The van der Waals surface area contributed by atoms with Crippen LogP contribution in [0.2, 0.25) is 0 Å². The number of ether oxygens (including phenoxy) is 1. The molecule has 0 aromatic carbocycles. The van der Waals surface area contributed by atoms with Crippen molar-refractivity contribution in [3.63, 3.8) is 0 Å². The molecule has 0 radical (unpaired) electrons. The van der Waals surface area contributed by atoms with Crippen molar-refractivity contribution in [3.8, 4) is 0 Å². The van der Waals surface area contributed by atoms with E-state index in [0.29, 0.717) is 0 Å². The fourth-order valence-electron chi connectivity index (χ4n) is 0. The van der Waals surface area contributed by atoms with E-state index in [0.717, 1.165) is 0 Å². The average Bonchev–Trinajstić information content (AvgIpc) is 1.37. The topological polar surface area (TPSA) is 26.3 Å². The summed E-state index contributed by atoms with van der Waals surface area (Å²) < 4.78 is 3.74. The van der Waals surface area contributed by atoms with E-state index in [2.05, 4.69) is 4.74 Å². The number of hydrogen-bond acceptors (Lipinski definition) is 2. The van der Waals surface area contributed by atoms with E-state index in [-0.39, 0.29) is 31.1 Å². The first-order valence-corrected chi connectivity index (χ1v) is 0.816. The first-order chi connectivity index (χ1) is 1.91. The van der Waals surface area contributed by atoms with Gasteiger partial charge < -0.3 is 9.53 Å². The summed E-state index contributed by atoms with van der Waals surface area (Å²) in [4.78, 5) is 8.83. The molecule has 0 amide bonds. The second-order valence-corrected chi connectivity index (χ2v) is 0.287. The van der Waals surface area contributed by atoms with Gasteiger partial charge in [0.05, 0.1) is 0 Å². The van der Waals surface area contributed by atoms with Crippen molar-refractivity contribution < 1.29 is 40.6 Å². The molecule has 0 heterocycles. The molecule has 0 saturated heterocycles. The summed E-state index contributed by atoms with van der Waals surface area (Å²) in [6.07, 6.45) is 0. The Bertz CT molecular complexity index is 21.6. The minimum atomic E-state index is 0. The zero-order valence-corrected chi connectivity index (χ0v) is 6.98. The van der Waals surface area contributed by atoms with E-state index in [1.807, 2.05) is 0 Å². The van der Waals surface area contributed by atoms with E-state index in [1.54, 1.807) is 0 Å². The minimum absolute atomic E-state index is 0. The van der Waals surface area contributed by atoms with Crippen molar-refractivity contribution in [3.05, 3.63) is 0 Å². The summed E-state index contributed by atoms with van der Waals surface area (Å²) in [5.41, 5.74) is 0. The van der Waals surface area contributed by atoms with E-state index in [1.165, 1.54) is 13.6 Å². The molecule has 0 atom stereocenters. The summed E-state index contributed by atoms with van der Waals surface area (Å²) in [5, 5.41) is 0. The Balaban J connectivity index is 0. The number of hydrogen-bond donors (Lipinski definition) is 0. The monoisotopic (exact) mass is 297 g/mol. The molecule has 2 nitrogen and oxygen atoms in total. The van der Waals surface area contributed by atoms with Gasteiger partial charge in [0.2, 0.25) is 0 Å². The maximum atomic E-state index is 8.83. The van der Waals surface area contributed by atoms with Crippen LogP contribution in [0.5, 0.6) is 0 Å². The normalized spacial score (nSPS) is 4.20. The van der Waals surface area contributed by atoms with Crippen LogP contribution >= 0.6 is 0 Å². The van der Waals surface area contributed by atoms with Gasteiger partial charge in [-0.05, 0) is 0 Å². The van der Waals surface area contributed by atoms with Gasteiger partial charge in [-0.2, -0.15) is 0 Å². The molecule has 0 N–H and O–H groups in total. The Morgan fingerprint density at radius 1 is 1.80 bits per heavy atom. The molecule has 0 unspecified atom stereocenters. The molecule has 28 valence electrons. The third-order valence-corrected chi connectivity index (χ3v) is 0.0833. The summed E-state index contributed by atoms with van der Waals surface area (Å²) in [6, 6.07) is 0. The van der Waals surface area contributed by atoms with E-state index in [4.69, 9.17) is 4.79 Å². The van der Waals surface area contributed by atoms with Gasteiger partial charge in [0.15, 0.2) is 0 Å². The van der Waals surface area contributed by atoms with Crippen LogP contribution in [-0.2, 0) is 9.53 Å². The van der Waals surface area contributed by atoms with E-state index in [9.17, 15) is 0 Å². The van der Waals surface area contributed by atoms with Crippen LogP contribution in [0.25, 0.3) is 0 Å². The molecule has 0 rings (SSSR count). The van der Waals surface area contributed by atoms with Crippen LogP contribution in [0.4, 0.5) is 0 Å². The molecule has 0 fully saturated rings.